The fourth-order valence-electron chi connectivity index (χ4n) is 4.33. The van der Waals surface area contributed by atoms with Crippen LogP contribution in [0.4, 0.5) is 5.69 Å². The van der Waals surface area contributed by atoms with Gasteiger partial charge in [0.15, 0.2) is 0 Å². The minimum Gasteiger partial charge on any atom is -0.346 e. The standard InChI is InChI=1S/C24H22N2O3S/c1-24(2)18-11-5-6-12-19(18)26(3)23(24)16(15-25)9-8-14-21-22(27)17-10-4-7-13-20(17)30(21,28)29/h4-14,28-29H,1-3H3. The molecule has 0 atom stereocenters. The summed E-state index contributed by atoms with van der Waals surface area (Å²) >= 11 is 0. The third-order valence-corrected chi connectivity index (χ3v) is 7.63. The molecule has 0 unspecified atom stereocenters. The van der Waals surface area contributed by atoms with Crippen molar-refractivity contribution in [2.45, 2.75) is 24.2 Å². The second-order valence-electron chi connectivity index (χ2n) is 7.84. The number of para-hydroxylation sites is 1. The monoisotopic (exact) mass is 418 g/mol. The summed E-state index contributed by atoms with van der Waals surface area (Å²) in [6.07, 6.45) is 4.58. The van der Waals surface area contributed by atoms with Crippen LogP contribution < -0.4 is 4.90 Å². The fourth-order valence-corrected chi connectivity index (χ4v) is 5.94. The van der Waals surface area contributed by atoms with Gasteiger partial charge in [0.1, 0.15) is 11.0 Å². The van der Waals surface area contributed by atoms with Gasteiger partial charge in [-0.15, -0.1) is 10.6 Å². The van der Waals surface area contributed by atoms with Crippen LogP contribution in [0.15, 0.2) is 87.8 Å². The Hall–Kier alpha value is -3.11. The van der Waals surface area contributed by atoms with E-state index in [0.717, 1.165) is 16.9 Å². The maximum atomic E-state index is 12.6. The molecular weight excluding hydrogens is 396 g/mol. The van der Waals surface area contributed by atoms with Gasteiger partial charge in [-0.25, -0.2) is 0 Å². The van der Waals surface area contributed by atoms with Gasteiger partial charge in [-0.3, -0.25) is 13.9 Å². The third kappa shape index (κ3) is 2.83. The van der Waals surface area contributed by atoms with Crippen molar-refractivity contribution in [1.29, 1.82) is 5.26 Å². The molecule has 0 fully saturated rings. The second-order valence-corrected chi connectivity index (χ2v) is 9.82. The van der Waals surface area contributed by atoms with Crippen LogP contribution in [0.5, 0.6) is 0 Å². The number of Topliss-reactive ketones (excluding diaryl/α,β-unsaturated/α-hetero) is 1. The van der Waals surface area contributed by atoms with Crippen LogP contribution in [0.25, 0.3) is 0 Å². The molecule has 2 aliphatic heterocycles. The zero-order valence-corrected chi connectivity index (χ0v) is 17.8. The average Bonchev–Trinajstić information content (AvgIpc) is 3.05. The van der Waals surface area contributed by atoms with Crippen molar-refractivity contribution >= 4 is 22.1 Å². The van der Waals surface area contributed by atoms with Gasteiger partial charge >= 0.3 is 0 Å². The predicted octanol–water partition coefficient (Wildman–Crippen LogP) is 5.64. The molecule has 0 aromatic heterocycles. The second kappa shape index (κ2) is 6.99. The van der Waals surface area contributed by atoms with E-state index in [1.807, 2.05) is 30.1 Å². The first-order valence-electron chi connectivity index (χ1n) is 9.49. The van der Waals surface area contributed by atoms with Gasteiger partial charge in [0.05, 0.1) is 10.5 Å². The smallest absolute Gasteiger partial charge is 0.211 e. The highest BCUT2D eigenvalue weighted by molar-refractivity contribution is 8.28. The zero-order valence-electron chi connectivity index (χ0n) is 17.0. The number of ketones is 1. The Morgan fingerprint density at radius 1 is 1.13 bits per heavy atom. The Morgan fingerprint density at radius 2 is 1.80 bits per heavy atom. The van der Waals surface area contributed by atoms with Crippen molar-refractivity contribution in [3.05, 3.63) is 94.1 Å². The molecular formula is C24H22N2O3S. The minimum absolute atomic E-state index is 0.0513. The number of rotatable bonds is 2. The number of benzene rings is 2. The van der Waals surface area contributed by atoms with Crippen molar-refractivity contribution in [3.8, 4) is 6.07 Å². The number of fused-ring (bicyclic) bond motifs is 2. The first-order valence-corrected chi connectivity index (χ1v) is 11.0. The molecule has 2 N–H and O–H groups in total. The highest BCUT2D eigenvalue weighted by atomic mass is 32.3. The third-order valence-electron chi connectivity index (χ3n) is 5.72. The van der Waals surface area contributed by atoms with Crippen LogP contribution in [-0.4, -0.2) is 21.9 Å². The Balaban J connectivity index is 1.74. The van der Waals surface area contributed by atoms with E-state index in [1.54, 1.807) is 36.4 Å². The highest BCUT2D eigenvalue weighted by Gasteiger charge is 2.40. The lowest BCUT2D eigenvalue weighted by Gasteiger charge is -2.27. The van der Waals surface area contributed by atoms with Gasteiger partial charge in [0.25, 0.3) is 0 Å². The number of anilines is 1. The fraction of sp³-hybridized carbons (Fsp3) is 0.167. The van der Waals surface area contributed by atoms with E-state index < -0.39 is 16.4 Å². The van der Waals surface area contributed by atoms with Crippen molar-refractivity contribution in [3.63, 3.8) is 0 Å². The highest BCUT2D eigenvalue weighted by Crippen LogP contribution is 2.62. The molecule has 0 saturated carbocycles. The molecule has 2 aliphatic rings. The van der Waals surface area contributed by atoms with Crippen LogP contribution in [0.3, 0.4) is 0 Å². The largest absolute Gasteiger partial charge is 0.346 e. The van der Waals surface area contributed by atoms with Gasteiger partial charge in [0, 0.05) is 29.4 Å². The summed E-state index contributed by atoms with van der Waals surface area (Å²) in [4.78, 5) is 14.8. The Kier molecular flexibility index (Phi) is 4.70. The van der Waals surface area contributed by atoms with Crippen LogP contribution in [0, 0.1) is 11.3 Å². The quantitative estimate of drug-likeness (QED) is 0.487. The zero-order chi connectivity index (χ0) is 21.7. The molecule has 4 rings (SSSR count). The van der Waals surface area contributed by atoms with Gasteiger partial charge in [-0.2, -0.15) is 5.26 Å². The van der Waals surface area contributed by atoms with Crippen LogP contribution in [-0.2, 0) is 5.41 Å². The lowest BCUT2D eigenvalue weighted by atomic mass is 9.82. The summed E-state index contributed by atoms with van der Waals surface area (Å²) in [5.74, 6) is -0.396. The van der Waals surface area contributed by atoms with Crippen LogP contribution in [0.1, 0.15) is 29.8 Å². The summed E-state index contributed by atoms with van der Waals surface area (Å²) in [6.45, 7) is 4.14. The number of hydrogen-bond donors (Lipinski definition) is 2. The van der Waals surface area contributed by atoms with Gasteiger partial charge < -0.3 is 4.90 Å². The molecule has 0 aliphatic carbocycles. The summed E-state index contributed by atoms with van der Waals surface area (Å²) < 4.78 is 21.2. The first-order chi connectivity index (χ1) is 14.2. The molecule has 30 heavy (non-hydrogen) atoms. The van der Waals surface area contributed by atoms with Crippen LogP contribution in [0.2, 0.25) is 0 Å². The first kappa shape index (κ1) is 20.2. The molecule has 0 spiro atoms. The summed E-state index contributed by atoms with van der Waals surface area (Å²) in [6, 6.07) is 16.8. The maximum absolute atomic E-state index is 12.6. The van der Waals surface area contributed by atoms with Gasteiger partial charge in [-0.1, -0.05) is 50.3 Å². The summed E-state index contributed by atoms with van der Waals surface area (Å²) in [7, 11) is -1.41. The summed E-state index contributed by atoms with van der Waals surface area (Å²) in [5, 5.41) is 9.84. The van der Waals surface area contributed by atoms with E-state index in [4.69, 9.17) is 0 Å². The van der Waals surface area contributed by atoms with E-state index in [9.17, 15) is 19.2 Å². The van der Waals surface area contributed by atoms with Crippen molar-refractivity contribution in [2.24, 2.45) is 0 Å². The summed E-state index contributed by atoms with van der Waals surface area (Å²) in [5.41, 5.74) is 3.44. The SMILES string of the molecule is CN1C(=C(C#N)C=CC=C2C(=O)c3ccccc3S2(O)O)C(C)(C)c2ccccc21. The Morgan fingerprint density at radius 3 is 2.47 bits per heavy atom. The average molecular weight is 419 g/mol. The Labute approximate surface area is 177 Å². The van der Waals surface area contributed by atoms with Crippen molar-refractivity contribution < 1.29 is 13.9 Å². The van der Waals surface area contributed by atoms with E-state index in [-0.39, 0.29) is 15.2 Å². The number of allylic oxidation sites excluding steroid dienone is 6. The minimum atomic E-state index is -3.35. The van der Waals surface area contributed by atoms with E-state index in [1.165, 1.54) is 6.08 Å². The lowest BCUT2D eigenvalue weighted by Crippen LogP contribution is -2.24. The van der Waals surface area contributed by atoms with E-state index >= 15 is 0 Å². The Bertz CT molecular complexity index is 1200. The lowest BCUT2D eigenvalue weighted by molar-refractivity contribution is 0.104. The molecule has 0 bridgehead atoms. The topological polar surface area (TPSA) is 84.6 Å². The predicted molar refractivity (Wildman–Crippen MR) is 120 cm³/mol. The molecule has 2 heterocycles. The van der Waals surface area contributed by atoms with Gasteiger partial charge in [-0.05, 0) is 35.9 Å². The number of nitriles is 1. The molecule has 0 radical (unpaired) electrons. The molecule has 2 aromatic carbocycles. The molecule has 2 aromatic rings. The number of likely N-dealkylation sites (N-methyl/N-ethyl adjacent to an activating group) is 1. The van der Waals surface area contributed by atoms with Crippen LogP contribution >= 0.6 is 10.6 Å². The molecule has 152 valence electrons. The normalized spacial score (nSPS) is 22.7. The number of nitrogens with zero attached hydrogens (tertiary/aromatic N) is 2. The van der Waals surface area contributed by atoms with Crippen molar-refractivity contribution in [1.82, 2.24) is 0 Å². The van der Waals surface area contributed by atoms with E-state index in [2.05, 4.69) is 26.0 Å². The molecule has 0 saturated heterocycles. The maximum Gasteiger partial charge on any atom is 0.211 e. The number of hydrogen-bond acceptors (Lipinski definition) is 5. The number of carbonyl (C=O) groups is 1. The van der Waals surface area contributed by atoms with E-state index in [0.29, 0.717) is 11.1 Å². The van der Waals surface area contributed by atoms with Gasteiger partial charge in [0.2, 0.25) is 5.78 Å². The van der Waals surface area contributed by atoms with Crippen molar-refractivity contribution in [2.75, 3.05) is 11.9 Å². The molecule has 5 nitrogen and oxygen atoms in total. The number of carbonyl (C=O) groups excluding carboxylic acids is 1. The molecule has 6 heteroatoms. The molecule has 0 amide bonds.